The highest BCUT2D eigenvalue weighted by Crippen LogP contribution is 2.27. The molecular formula is C12H7BrClN5O. The molecule has 0 saturated carbocycles. The summed E-state index contributed by atoms with van der Waals surface area (Å²) in [6.07, 6.45) is 3.32. The number of hydrogen-bond acceptors (Lipinski definition) is 5. The predicted octanol–water partition coefficient (Wildman–Crippen LogP) is 3.27. The molecule has 0 aliphatic carbocycles. The lowest BCUT2D eigenvalue weighted by Crippen LogP contribution is -2.05. The summed E-state index contributed by atoms with van der Waals surface area (Å²) in [6, 6.07) is 9.22. The average molecular weight is 353 g/mol. The second-order valence-corrected chi connectivity index (χ2v) is 4.86. The number of benzene rings is 1. The standard InChI is InChI=1S/C12H7BrClN5O/c13-8-4-1-2-5-9(8)20-12-17-10(14)16-11(18-12)19-7-3-6-15-19/h1-7H. The molecule has 0 saturated heterocycles. The van der Waals surface area contributed by atoms with Gasteiger partial charge in [0.15, 0.2) is 0 Å². The molecule has 0 unspecified atom stereocenters. The van der Waals surface area contributed by atoms with Gasteiger partial charge >= 0.3 is 6.01 Å². The summed E-state index contributed by atoms with van der Waals surface area (Å²) in [5, 5.41) is 4.07. The van der Waals surface area contributed by atoms with Crippen molar-refractivity contribution < 1.29 is 4.74 Å². The second-order valence-electron chi connectivity index (χ2n) is 3.67. The predicted molar refractivity (Wildman–Crippen MR) is 76.2 cm³/mol. The molecular weight excluding hydrogens is 346 g/mol. The number of aromatic nitrogens is 5. The molecule has 0 fully saturated rings. The Bertz CT molecular complexity index is 734. The summed E-state index contributed by atoms with van der Waals surface area (Å²) in [6.45, 7) is 0. The van der Waals surface area contributed by atoms with E-state index in [1.54, 1.807) is 24.5 Å². The highest BCUT2D eigenvalue weighted by atomic mass is 79.9. The van der Waals surface area contributed by atoms with Gasteiger partial charge in [0.25, 0.3) is 5.95 Å². The van der Waals surface area contributed by atoms with Crippen molar-refractivity contribution in [3.8, 4) is 17.7 Å². The normalized spacial score (nSPS) is 10.5. The van der Waals surface area contributed by atoms with Gasteiger partial charge in [-0.1, -0.05) is 12.1 Å². The molecule has 0 aliphatic rings. The van der Waals surface area contributed by atoms with Crippen molar-refractivity contribution in [3.63, 3.8) is 0 Å². The molecule has 8 heteroatoms. The minimum absolute atomic E-state index is 0.0348. The van der Waals surface area contributed by atoms with Crippen molar-refractivity contribution in [1.29, 1.82) is 0 Å². The number of ether oxygens (including phenoxy) is 1. The zero-order valence-electron chi connectivity index (χ0n) is 9.94. The van der Waals surface area contributed by atoms with Crippen LogP contribution in [0.1, 0.15) is 0 Å². The minimum atomic E-state index is 0.0348. The lowest BCUT2D eigenvalue weighted by Gasteiger charge is -2.07. The fraction of sp³-hybridized carbons (Fsp3) is 0. The molecule has 100 valence electrons. The Morgan fingerprint density at radius 3 is 2.70 bits per heavy atom. The third-order valence-electron chi connectivity index (χ3n) is 2.32. The lowest BCUT2D eigenvalue weighted by atomic mass is 10.3. The molecule has 0 N–H and O–H groups in total. The van der Waals surface area contributed by atoms with Crippen LogP contribution in [0.2, 0.25) is 5.28 Å². The minimum Gasteiger partial charge on any atom is -0.423 e. The van der Waals surface area contributed by atoms with Crippen LogP contribution in [0.4, 0.5) is 0 Å². The molecule has 2 heterocycles. The van der Waals surface area contributed by atoms with Gasteiger partial charge in [-0.2, -0.15) is 20.1 Å². The van der Waals surface area contributed by atoms with Crippen LogP contribution < -0.4 is 4.74 Å². The zero-order valence-corrected chi connectivity index (χ0v) is 12.3. The van der Waals surface area contributed by atoms with Crippen molar-refractivity contribution in [2.24, 2.45) is 0 Å². The maximum atomic E-state index is 5.88. The van der Waals surface area contributed by atoms with Crippen LogP contribution in [-0.2, 0) is 0 Å². The fourth-order valence-corrected chi connectivity index (χ4v) is 2.00. The van der Waals surface area contributed by atoms with Crippen LogP contribution in [0.25, 0.3) is 5.95 Å². The second kappa shape index (κ2) is 5.56. The third-order valence-corrected chi connectivity index (χ3v) is 3.15. The van der Waals surface area contributed by atoms with Gasteiger partial charge in [-0.25, -0.2) is 4.68 Å². The number of para-hydroxylation sites is 1. The van der Waals surface area contributed by atoms with E-state index in [4.69, 9.17) is 16.3 Å². The van der Waals surface area contributed by atoms with Gasteiger partial charge in [0.2, 0.25) is 5.28 Å². The van der Waals surface area contributed by atoms with E-state index in [1.807, 2.05) is 18.2 Å². The molecule has 0 spiro atoms. The van der Waals surface area contributed by atoms with Gasteiger partial charge in [0.1, 0.15) is 5.75 Å². The van der Waals surface area contributed by atoms with Crippen LogP contribution in [0.15, 0.2) is 47.2 Å². The maximum absolute atomic E-state index is 5.88. The zero-order chi connectivity index (χ0) is 13.9. The molecule has 0 radical (unpaired) electrons. The van der Waals surface area contributed by atoms with Crippen LogP contribution >= 0.6 is 27.5 Å². The van der Waals surface area contributed by atoms with Gasteiger partial charge in [0.05, 0.1) is 4.47 Å². The van der Waals surface area contributed by atoms with Gasteiger partial charge in [-0.05, 0) is 45.7 Å². The van der Waals surface area contributed by atoms with Gasteiger partial charge in [-0.3, -0.25) is 0 Å². The Balaban J connectivity index is 1.97. The number of nitrogens with zero attached hydrogens (tertiary/aromatic N) is 5. The Hall–Kier alpha value is -1.99. The first-order valence-electron chi connectivity index (χ1n) is 5.56. The summed E-state index contributed by atoms with van der Waals surface area (Å²) in [5.74, 6) is 0.873. The number of halogens is 2. The highest BCUT2D eigenvalue weighted by molar-refractivity contribution is 9.10. The van der Waals surface area contributed by atoms with Crippen molar-refractivity contribution >= 4 is 27.5 Å². The molecule has 3 aromatic rings. The monoisotopic (exact) mass is 351 g/mol. The van der Waals surface area contributed by atoms with E-state index in [0.717, 1.165) is 4.47 Å². The van der Waals surface area contributed by atoms with Crippen LogP contribution in [0, 0.1) is 0 Å². The van der Waals surface area contributed by atoms with Crippen molar-refractivity contribution in [2.45, 2.75) is 0 Å². The van der Waals surface area contributed by atoms with Crippen LogP contribution in [0.5, 0.6) is 11.8 Å². The lowest BCUT2D eigenvalue weighted by molar-refractivity contribution is 0.435. The smallest absolute Gasteiger partial charge is 0.328 e. The van der Waals surface area contributed by atoms with Gasteiger partial charge in [-0.15, -0.1) is 0 Å². The molecule has 1 aromatic carbocycles. The van der Waals surface area contributed by atoms with Gasteiger partial charge in [0, 0.05) is 12.4 Å². The molecule has 0 bridgehead atoms. The van der Waals surface area contributed by atoms with E-state index in [-0.39, 0.29) is 17.2 Å². The quantitative estimate of drug-likeness (QED) is 0.724. The number of rotatable bonds is 3. The Morgan fingerprint density at radius 2 is 1.95 bits per heavy atom. The summed E-state index contributed by atoms with van der Waals surface area (Å²) >= 11 is 9.26. The topological polar surface area (TPSA) is 65.7 Å². The van der Waals surface area contributed by atoms with Gasteiger partial charge < -0.3 is 4.74 Å². The molecule has 3 rings (SSSR count). The van der Waals surface area contributed by atoms with Crippen molar-refractivity contribution in [1.82, 2.24) is 24.7 Å². The summed E-state index contributed by atoms with van der Waals surface area (Å²) < 4.78 is 7.86. The summed E-state index contributed by atoms with van der Waals surface area (Å²) in [5.41, 5.74) is 0. The van der Waals surface area contributed by atoms with Crippen molar-refractivity contribution in [2.75, 3.05) is 0 Å². The van der Waals surface area contributed by atoms with E-state index in [9.17, 15) is 0 Å². The maximum Gasteiger partial charge on any atom is 0.328 e. The average Bonchev–Trinajstić information content (AvgIpc) is 2.95. The highest BCUT2D eigenvalue weighted by Gasteiger charge is 2.10. The molecule has 0 aliphatic heterocycles. The Labute approximate surface area is 127 Å². The number of hydrogen-bond donors (Lipinski definition) is 0. The SMILES string of the molecule is Clc1nc(Oc2ccccc2Br)nc(-n2cccn2)n1. The van der Waals surface area contributed by atoms with Crippen molar-refractivity contribution in [3.05, 3.63) is 52.5 Å². The molecule has 2 aromatic heterocycles. The molecule has 0 atom stereocenters. The molecule has 6 nitrogen and oxygen atoms in total. The largest absolute Gasteiger partial charge is 0.423 e. The Morgan fingerprint density at radius 1 is 1.10 bits per heavy atom. The first kappa shape index (κ1) is 13.0. The van der Waals surface area contributed by atoms with E-state index < -0.39 is 0 Å². The van der Waals surface area contributed by atoms with E-state index in [1.165, 1.54) is 4.68 Å². The Kier molecular flexibility index (Phi) is 3.62. The van der Waals surface area contributed by atoms with E-state index >= 15 is 0 Å². The molecule has 20 heavy (non-hydrogen) atoms. The van der Waals surface area contributed by atoms with E-state index in [0.29, 0.717) is 5.75 Å². The summed E-state index contributed by atoms with van der Waals surface area (Å²) in [7, 11) is 0. The van der Waals surface area contributed by atoms with Crippen LogP contribution in [0.3, 0.4) is 0 Å². The summed E-state index contributed by atoms with van der Waals surface area (Å²) in [4.78, 5) is 12.1. The fourth-order valence-electron chi connectivity index (χ4n) is 1.48. The first-order chi connectivity index (χ1) is 9.72. The first-order valence-corrected chi connectivity index (χ1v) is 6.73. The molecule has 0 amide bonds. The van der Waals surface area contributed by atoms with Crippen LogP contribution in [-0.4, -0.2) is 24.7 Å². The third kappa shape index (κ3) is 2.78. The van der Waals surface area contributed by atoms with E-state index in [2.05, 4.69) is 36.0 Å².